The van der Waals surface area contributed by atoms with Gasteiger partial charge >= 0.3 is 5.97 Å². The second kappa shape index (κ2) is 5.92. The lowest BCUT2D eigenvalue weighted by Gasteiger charge is -2.06. The Bertz CT molecular complexity index is 898. The second-order valence-electron chi connectivity index (χ2n) is 4.94. The summed E-state index contributed by atoms with van der Waals surface area (Å²) in [7, 11) is 1.31. The third-order valence-electron chi connectivity index (χ3n) is 3.30. The maximum atomic E-state index is 12.3. The van der Waals surface area contributed by atoms with E-state index in [9.17, 15) is 9.59 Å². The van der Waals surface area contributed by atoms with Crippen molar-refractivity contribution >= 4 is 28.7 Å². The van der Waals surface area contributed by atoms with Crippen molar-refractivity contribution in [2.24, 2.45) is 0 Å². The van der Waals surface area contributed by atoms with Crippen LogP contribution in [0.1, 0.15) is 26.6 Å². The van der Waals surface area contributed by atoms with Gasteiger partial charge in [0.2, 0.25) is 0 Å². The highest BCUT2D eigenvalue weighted by atomic mass is 16.5. The van der Waals surface area contributed by atoms with E-state index in [0.717, 1.165) is 0 Å². The molecule has 0 saturated heterocycles. The number of oxazole rings is 1. The molecule has 1 aromatic heterocycles. The summed E-state index contributed by atoms with van der Waals surface area (Å²) in [4.78, 5) is 28.0. The summed E-state index contributed by atoms with van der Waals surface area (Å²) >= 11 is 0. The molecule has 0 saturated carbocycles. The topological polar surface area (TPSA) is 81.4 Å². The first-order chi connectivity index (χ1) is 11.1. The van der Waals surface area contributed by atoms with E-state index in [4.69, 9.17) is 4.42 Å². The highest BCUT2D eigenvalue weighted by molar-refractivity contribution is 6.06. The summed E-state index contributed by atoms with van der Waals surface area (Å²) in [6.07, 6.45) is 0. The van der Waals surface area contributed by atoms with Gasteiger partial charge in [-0.1, -0.05) is 6.07 Å². The highest BCUT2D eigenvalue weighted by Gasteiger charge is 2.11. The number of aryl methyl sites for hydroxylation is 1. The Morgan fingerprint density at radius 3 is 2.74 bits per heavy atom. The van der Waals surface area contributed by atoms with E-state index < -0.39 is 5.97 Å². The molecule has 0 aliphatic heterocycles. The number of amides is 1. The van der Waals surface area contributed by atoms with Gasteiger partial charge in [-0.25, -0.2) is 9.78 Å². The van der Waals surface area contributed by atoms with Crippen LogP contribution in [-0.2, 0) is 4.74 Å². The molecule has 116 valence electrons. The molecule has 6 heteroatoms. The van der Waals surface area contributed by atoms with Gasteiger partial charge in [-0.15, -0.1) is 0 Å². The molecule has 2 aromatic carbocycles. The van der Waals surface area contributed by atoms with Crippen molar-refractivity contribution in [2.75, 3.05) is 12.4 Å². The van der Waals surface area contributed by atoms with Gasteiger partial charge in [0.1, 0.15) is 5.52 Å². The number of hydrogen-bond donors (Lipinski definition) is 1. The number of methoxy groups -OCH3 is 1. The Balaban J connectivity index is 1.84. The molecule has 0 fully saturated rings. The summed E-state index contributed by atoms with van der Waals surface area (Å²) in [6.45, 7) is 1.75. The van der Waals surface area contributed by atoms with Gasteiger partial charge in [-0.05, 0) is 36.4 Å². The average Bonchev–Trinajstić information content (AvgIpc) is 2.93. The largest absolute Gasteiger partial charge is 0.465 e. The fourth-order valence-corrected chi connectivity index (χ4v) is 2.23. The number of fused-ring (bicyclic) bond motifs is 1. The number of carbonyl (C=O) groups excluding carboxylic acids is 2. The maximum Gasteiger partial charge on any atom is 0.337 e. The molecule has 1 amide bonds. The molecule has 0 radical (unpaired) electrons. The van der Waals surface area contributed by atoms with E-state index >= 15 is 0 Å². The number of anilines is 1. The molecule has 0 spiro atoms. The van der Waals surface area contributed by atoms with Crippen LogP contribution in [0.4, 0.5) is 5.69 Å². The Morgan fingerprint density at radius 2 is 1.96 bits per heavy atom. The van der Waals surface area contributed by atoms with Gasteiger partial charge in [0, 0.05) is 18.2 Å². The van der Waals surface area contributed by atoms with E-state index in [1.54, 1.807) is 49.4 Å². The van der Waals surface area contributed by atoms with Crippen LogP contribution in [0.25, 0.3) is 11.1 Å². The quantitative estimate of drug-likeness (QED) is 0.751. The lowest BCUT2D eigenvalue weighted by Crippen LogP contribution is -2.12. The lowest BCUT2D eigenvalue weighted by molar-refractivity contribution is 0.0600. The highest BCUT2D eigenvalue weighted by Crippen LogP contribution is 2.18. The van der Waals surface area contributed by atoms with Crippen LogP contribution in [0.3, 0.4) is 0 Å². The number of benzene rings is 2. The zero-order chi connectivity index (χ0) is 16.4. The van der Waals surface area contributed by atoms with Crippen molar-refractivity contribution in [2.45, 2.75) is 6.92 Å². The van der Waals surface area contributed by atoms with Crippen LogP contribution in [0.2, 0.25) is 0 Å². The SMILES string of the molecule is COC(=O)c1cccc(NC(=O)c2ccc3oc(C)nc3c2)c1. The first kappa shape index (κ1) is 14.8. The van der Waals surface area contributed by atoms with Crippen molar-refractivity contribution in [3.05, 3.63) is 59.5 Å². The Labute approximate surface area is 132 Å². The first-order valence-corrected chi connectivity index (χ1v) is 6.94. The maximum absolute atomic E-state index is 12.3. The fourth-order valence-electron chi connectivity index (χ4n) is 2.23. The third kappa shape index (κ3) is 3.06. The molecule has 1 N–H and O–H groups in total. The molecular weight excluding hydrogens is 296 g/mol. The van der Waals surface area contributed by atoms with E-state index in [1.807, 2.05) is 0 Å². The van der Waals surface area contributed by atoms with Crippen LogP contribution in [0.15, 0.2) is 46.9 Å². The summed E-state index contributed by atoms with van der Waals surface area (Å²) in [6, 6.07) is 11.6. The zero-order valence-electron chi connectivity index (χ0n) is 12.6. The van der Waals surface area contributed by atoms with Crippen LogP contribution >= 0.6 is 0 Å². The van der Waals surface area contributed by atoms with Crippen molar-refractivity contribution < 1.29 is 18.7 Å². The molecular formula is C17H14N2O4. The van der Waals surface area contributed by atoms with Crippen LogP contribution in [0.5, 0.6) is 0 Å². The van der Waals surface area contributed by atoms with E-state index in [2.05, 4.69) is 15.0 Å². The molecule has 6 nitrogen and oxygen atoms in total. The van der Waals surface area contributed by atoms with Crippen molar-refractivity contribution in [3.63, 3.8) is 0 Å². The monoisotopic (exact) mass is 310 g/mol. The minimum atomic E-state index is -0.458. The van der Waals surface area contributed by atoms with Crippen molar-refractivity contribution in [3.8, 4) is 0 Å². The average molecular weight is 310 g/mol. The number of nitrogens with one attached hydrogen (secondary N) is 1. The lowest BCUT2D eigenvalue weighted by atomic mass is 10.1. The van der Waals surface area contributed by atoms with Gasteiger partial charge in [0.25, 0.3) is 5.91 Å². The molecule has 3 rings (SSSR count). The van der Waals surface area contributed by atoms with E-state index in [1.165, 1.54) is 7.11 Å². The molecule has 23 heavy (non-hydrogen) atoms. The van der Waals surface area contributed by atoms with E-state index in [0.29, 0.717) is 33.8 Å². The minimum Gasteiger partial charge on any atom is -0.465 e. The van der Waals surface area contributed by atoms with Gasteiger partial charge in [-0.3, -0.25) is 4.79 Å². The van der Waals surface area contributed by atoms with Crippen molar-refractivity contribution in [1.82, 2.24) is 4.98 Å². The fraction of sp³-hybridized carbons (Fsp3) is 0.118. The molecule has 0 unspecified atom stereocenters. The number of rotatable bonds is 3. The number of aromatic nitrogens is 1. The van der Waals surface area contributed by atoms with Gasteiger partial charge in [0.05, 0.1) is 12.7 Å². The standard InChI is InChI=1S/C17H14N2O4/c1-10-18-14-9-11(6-7-15(14)23-10)16(20)19-13-5-3-4-12(8-13)17(21)22-2/h3-9H,1-2H3,(H,19,20). The number of carbonyl (C=O) groups is 2. The molecule has 1 heterocycles. The molecule has 0 aliphatic carbocycles. The number of ether oxygens (including phenoxy) is 1. The third-order valence-corrected chi connectivity index (χ3v) is 3.30. The molecule has 3 aromatic rings. The Morgan fingerprint density at radius 1 is 1.13 bits per heavy atom. The normalized spacial score (nSPS) is 10.5. The van der Waals surface area contributed by atoms with Gasteiger partial charge in [-0.2, -0.15) is 0 Å². The van der Waals surface area contributed by atoms with Gasteiger partial charge in [0.15, 0.2) is 11.5 Å². The number of esters is 1. The van der Waals surface area contributed by atoms with Crippen LogP contribution < -0.4 is 5.32 Å². The Hall–Kier alpha value is -3.15. The van der Waals surface area contributed by atoms with Gasteiger partial charge < -0.3 is 14.5 Å². The van der Waals surface area contributed by atoms with Crippen molar-refractivity contribution in [1.29, 1.82) is 0 Å². The summed E-state index contributed by atoms with van der Waals surface area (Å²) < 4.78 is 10.0. The zero-order valence-corrected chi connectivity index (χ0v) is 12.6. The first-order valence-electron chi connectivity index (χ1n) is 6.94. The van der Waals surface area contributed by atoms with Crippen LogP contribution in [-0.4, -0.2) is 24.0 Å². The summed E-state index contributed by atoms with van der Waals surface area (Å²) in [5.74, 6) is -0.210. The predicted molar refractivity (Wildman–Crippen MR) is 84.5 cm³/mol. The second-order valence-corrected chi connectivity index (χ2v) is 4.94. The molecule has 0 bridgehead atoms. The van der Waals surface area contributed by atoms with E-state index in [-0.39, 0.29) is 5.91 Å². The number of nitrogens with zero attached hydrogens (tertiary/aromatic N) is 1. The summed E-state index contributed by atoms with van der Waals surface area (Å²) in [5, 5.41) is 2.74. The minimum absolute atomic E-state index is 0.297. The number of hydrogen-bond acceptors (Lipinski definition) is 5. The summed E-state index contributed by atoms with van der Waals surface area (Å²) in [5.41, 5.74) is 2.58. The molecule has 0 aliphatic rings. The smallest absolute Gasteiger partial charge is 0.337 e. The Kier molecular flexibility index (Phi) is 3.80. The molecule has 0 atom stereocenters. The predicted octanol–water partition coefficient (Wildman–Crippen LogP) is 3.18. The van der Waals surface area contributed by atoms with Crippen LogP contribution in [0, 0.1) is 6.92 Å².